The van der Waals surface area contributed by atoms with Crippen LogP contribution in [0, 0.1) is 0 Å². The second-order valence-electron chi connectivity index (χ2n) is 3.16. The van der Waals surface area contributed by atoms with Gasteiger partial charge < -0.3 is 0 Å². The average molecular weight is 239 g/mol. The summed E-state index contributed by atoms with van der Waals surface area (Å²) in [7, 11) is 0. The van der Waals surface area contributed by atoms with Crippen molar-refractivity contribution >= 4 is 15.9 Å². The summed E-state index contributed by atoms with van der Waals surface area (Å²) in [6.07, 6.45) is 6.81. The van der Waals surface area contributed by atoms with Crippen LogP contribution in [0.5, 0.6) is 0 Å². The highest BCUT2D eigenvalue weighted by Gasteiger charge is 1.92. The number of hydrogen-bond acceptors (Lipinski definition) is 0. The maximum atomic E-state index is 3.71. The van der Waals surface area contributed by atoms with E-state index < -0.39 is 0 Å². The molecule has 0 nitrogen and oxygen atoms in total. The van der Waals surface area contributed by atoms with Gasteiger partial charge in [-0.15, -0.1) is 6.58 Å². The summed E-state index contributed by atoms with van der Waals surface area (Å²) < 4.78 is 1.15. The quantitative estimate of drug-likeness (QED) is 0.529. The van der Waals surface area contributed by atoms with Crippen molar-refractivity contribution in [2.24, 2.45) is 0 Å². The lowest BCUT2D eigenvalue weighted by Gasteiger charge is -2.00. The predicted molar refractivity (Wildman–Crippen MR) is 61.9 cm³/mol. The molecule has 0 aromatic heterocycles. The van der Waals surface area contributed by atoms with Crippen LogP contribution in [0.3, 0.4) is 0 Å². The number of unbranched alkanes of at least 4 members (excludes halogenated alkanes) is 2. The third-order valence-electron chi connectivity index (χ3n) is 2.04. The second kappa shape index (κ2) is 5.98. The number of allylic oxidation sites excluding steroid dienone is 1. The van der Waals surface area contributed by atoms with Gasteiger partial charge in [0.05, 0.1) is 0 Å². The molecule has 0 heterocycles. The van der Waals surface area contributed by atoms with E-state index in [0.717, 1.165) is 10.9 Å². The van der Waals surface area contributed by atoms with E-state index in [4.69, 9.17) is 0 Å². The monoisotopic (exact) mass is 238 g/mol. The number of benzene rings is 1. The Hall–Kier alpha value is -0.560. The van der Waals surface area contributed by atoms with Gasteiger partial charge in [0.2, 0.25) is 0 Å². The topological polar surface area (TPSA) is 0 Å². The molecule has 0 atom stereocenters. The summed E-state index contributed by atoms with van der Waals surface area (Å²) in [5.74, 6) is 0. The Morgan fingerprint density at radius 1 is 1.15 bits per heavy atom. The van der Waals surface area contributed by atoms with E-state index in [9.17, 15) is 0 Å². The van der Waals surface area contributed by atoms with Crippen LogP contribution in [0.25, 0.3) is 0 Å². The SMILES string of the molecule is C=CCCCCc1ccc(Br)cc1. The predicted octanol–water partition coefficient (Wildman–Crippen LogP) is 4.35. The molecule has 1 rings (SSSR count). The van der Waals surface area contributed by atoms with E-state index in [1.54, 1.807) is 0 Å². The smallest absolute Gasteiger partial charge is 0.0175 e. The molecule has 0 bridgehead atoms. The van der Waals surface area contributed by atoms with Crippen molar-refractivity contribution in [1.82, 2.24) is 0 Å². The zero-order chi connectivity index (χ0) is 9.52. The normalized spacial score (nSPS) is 9.92. The van der Waals surface area contributed by atoms with E-state index in [1.165, 1.54) is 24.8 Å². The maximum absolute atomic E-state index is 3.71. The molecule has 0 aliphatic heterocycles. The molecule has 70 valence electrons. The molecule has 0 aliphatic carbocycles. The first kappa shape index (κ1) is 10.5. The summed E-state index contributed by atoms with van der Waals surface area (Å²) >= 11 is 3.43. The van der Waals surface area contributed by atoms with Gasteiger partial charge in [0.1, 0.15) is 0 Å². The van der Waals surface area contributed by atoms with Gasteiger partial charge in [0.25, 0.3) is 0 Å². The molecule has 0 fully saturated rings. The van der Waals surface area contributed by atoms with Crippen molar-refractivity contribution in [3.05, 3.63) is 47.0 Å². The van der Waals surface area contributed by atoms with Gasteiger partial charge in [0.15, 0.2) is 0 Å². The number of halogens is 1. The summed E-state index contributed by atoms with van der Waals surface area (Å²) in [6.45, 7) is 3.71. The fraction of sp³-hybridized carbons (Fsp3) is 0.333. The fourth-order valence-electron chi connectivity index (χ4n) is 1.27. The van der Waals surface area contributed by atoms with Crippen molar-refractivity contribution < 1.29 is 0 Å². The molecule has 0 unspecified atom stereocenters. The zero-order valence-corrected chi connectivity index (χ0v) is 9.39. The van der Waals surface area contributed by atoms with E-state index >= 15 is 0 Å². The molecule has 1 heteroatoms. The third kappa shape index (κ3) is 4.28. The van der Waals surface area contributed by atoms with Crippen LogP contribution in [0.2, 0.25) is 0 Å². The first-order valence-corrected chi connectivity index (χ1v) is 5.47. The van der Waals surface area contributed by atoms with Crippen molar-refractivity contribution in [2.75, 3.05) is 0 Å². The van der Waals surface area contributed by atoms with Crippen LogP contribution < -0.4 is 0 Å². The van der Waals surface area contributed by atoms with Crippen LogP contribution in [0.4, 0.5) is 0 Å². The minimum Gasteiger partial charge on any atom is -0.103 e. The van der Waals surface area contributed by atoms with Crippen LogP contribution in [-0.2, 0) is 6.42 Å². The summed E-state index contributed by atoms with van der Waals surface area (Å²) in [6, 6.07) is 8.56. The summed E-state index contributed by atoms with van der Waals surface area (Å²) in [5.41, 5.74) is 1.42. The number of aryl methyl sites for hydroxylation is 1. The standard InChI is InChI=1S/C12H15Br/c1-2-3-4-5-6-11-7-9-12(13)10-8-11/h2,7-10H,1,3-6H2. The maximum Gasteiger partial charge on any atom is 0.0175 e. The molecule has 0 aliphatic rings. The van der Waals surface area contributed by atoms with Gasteiger partial charge in [-0.05, 0) is 43.4 Å². The van der Waals surface area contributed by atoms with Gasteiger partial charge in [-0.2, -0.15) is 0 Å². The molecule has 0 amide bonds. The molecule has 0 N–H and O–H groups in total. The molecule has 0 saturated carbocycles. The van der Waals surface area contributed by atoms with E-state index in [1.807, 2.05) is 6.08 Å². The van der Waals surface area contributed by atoms with Crippen LogP contribution in [0.1, 0.15) is 24.8 Å². The van der Waals surface area contributed by atoms with Gasteiger partial charge in [-0.1, -0.05) is 34.1 Å². The third-order valence-corrected chi connectivity index (χ3v) is 2.57. The molecular weight excluding hydrogens is 224 g/mol. The van der Waals surface area contributed by atoms with Crippen LogP contribution in [0.15, 0.2) is 41.4 Å². The fourth-order valence-corrected chi connectivity index (χ4v) is 1.53. The Kier molecular flexibility index (Phi) is 4.84. The summed E-state index contributed by atoms with van der Waals surface area (Å²) in [5, 5.41) is 0. The van der Waals surface area contributed by atoms with E-state index in [-0.39, 0.29) is 0 Å². The molecule has 1 aromatic carbocycles. The Bertz CT molecular complexity index is 248. The van der Waals surface area contributed by atoms with Crippen LogP contribution in [-0.4, -0.2) is 0 Å². The van der Waals surface area contributed by atoms with Gasteiger partial charge >= 0.3 is 0 Å². The lowest BCUT2D eigenvalue weighted by Crippen LogP contribution is -1.84. The highest BCUT2D eigenvalue weighted by molar-refractivity contribution is 9.10. The van der Waals surface area contributed by atoms with Gasteiger partial charge in [-0.25, -0.2) is 0 Å². The van der Waals surface area contributed by atoms with Crippen molar-refractivity contribution in [3.8, 4) is 0 Å². The highest BCUT2D eigenvalue weighted by Crippen LogP contribution is 2.12. The van der Waals surface area contributed by atoms with Gasteiger partial charge in [0, 0.05) is 4.47 Å². The average Bonchev–Trinajstić information content (AvgIpc) is 2.15. The molecule has 0 radical (unpaired) electrons. The van der Waals surface area contributed by atoms with Crippen molar-refractivity contribution in [3.63, 3.8) is 0 Å². The minimum absolute atomic E-state index is 1.14. The molecule has 0 saturated heterocycles. The van der Waals surface area contributed by atoms with E-state index in [2.05, 4.69) is 46.8 Å². The largest absolute Gasteiger partial charge is 0.103 e. The molecular formula is C12H15Br. The van der Waals surface area contributed by atoms with Gasteiger partial charge in [-0.3, -0.25) is 0 Å². The Balaban J connectivity index is 2.28. The Morgan fingerprint density at radius 3 is 2.46 bits per heavy atom. The first-order valence-electron chi connectivity index (χ1n) is 4.68. The molecule has 1 aromatic rings. The lowest BCUT2D eigenvalue weighted by molar-refractivity contribution is 0.748. The highest BCUT2D eigenvalue weighted by atomic mass is 79.9. The van der Waals surface area contributed by atoms with E-state index in [0.29, 0.717) is 0 Å². The Morgan fingerprint density at radius 2 is 1.85 bits per heavy atom. The minimum atomic E-state index is 1.14. The first-order chi connectivity index (χ1) is 6.33. The number of hydrogen-bond donors (Lipinski definition) is 0. The van der Waals surface area contributed by atoms with Crippen LogP contribution >= 0.6 is 15.9 Å². The molecule has 13 heavy (non-hydrogen) atoms. The molecule has 0 spiro atoms. The lowest BCUT2D eigenvalue weighted by atomic mass is 10.1. The number of rotatable bonds is 5. The Labute approximate surface area is 88.8 Å². The van der Waals surface area contributed by atoms with Crippen molar-refractivity contribution in [2.45, 2.75) is 25.7 Å². The van der Waals surface area contributed by atoms with Crippen molar-refractivity contribution in [1.29, 1.82) is 0 Å². The summed E-state index contributed by atoms with van der Waals surface area (Å²) in [4.78, 5) is 0. The zero-order valence-electron chi connectivity index (χ0n) is 7.80. The second-order valence-corrected chi connectivity index (χ2v) is 4.08.